The van der Waals surface area contributed by atoms with Crippen LogP contribution in [0.15, 0.2) is 42.5 Å². The minimum atomic E-state index is -0.166. The van der Waals surface area contributed by atoms with Crippen molar-refractivity contribution in [3.05, 3.63) is 59.2 Å². The SMILES string of the molecule is O=C1CCCc2ccc(NC(=O)N3CCC(C(=O)N4CCc5ccccc54)CC3)cc21. The second kappa shape index (κ2) is 8.17. The largest absolute Gasteiger partial charge is 0.324 e. The lowest BCUT2D eigenvalue weighted by atomic mass is 9.90. The normalized spacial score (nSPS) is 18.5. The Hall–Kier alpha value is -3.15. The average molecular weight is 418 g/mol. The maximum absolute atomic E-state index is 13.1. The van der Waals surface area contributed by atoms with Gasteiger partial charge in [0.15, 0.2) is 5.78 Å². The molecule has 1 fully saturated rings. The summed E-state index contributed by atoms with van der Waals surface area (Å²) in [6, 6.07) is 13.6. The van der Waals surface area contributed by atoms with Gasteiger partial charge in [0.1, 0.15) is 0 Å². The van der Waals surface area contributed by atoms with E-state index in [0.29, 0.717) is 38.0 Å². The monoisotopic (exact) mass is 417 g/mol. The number of likely N-dealkylation sites (tertiary alicyclic amines) is 1. The molecule has 6 nitrogen and oxygen atoms in total. The summed E-state index contributed by atoms with van der Waals surface area (Å²) in [6.45, 7) is 1.86. The Kier molecular flexibility index (Phi) is 5.22. The molecule has 0 spiro atoms. The molecule has 3 aliphatic rings. The molecule has 0 bridgehead atoms. The predicted molar refractivity (Wildman–Crippen MR) is 120 cm³/mol. The number of rotatable bonds is 2. The molecule has 160 valence electrons. The summed E-state index contributed by atoms with van der Waals surface area (Å²) >= 11 is 0. The second-order valence-corrected chi connectivity index (χ2v) is 8.71. The molecule has 0 unspecified atom stereocenters. The molecular formula is C25H27N3O3. The van der Waals surface area contributed by atoms with Gasteiger partial charge in [-0.25, -0.2) is 4.79 Å². The van der Waals surface area contributed by atoms with Gasteiger partial charge in [-0.15, -0.1) is 0 Å². The Bertz CT molecular complexity index is 1040. The number of Topliss-reactive ketones (excluding diaryl/α,β-unsaturated/α-hetero) is 1. The van der Waals surface area contributed by atoms with Gasteiger partial charge < -0.3 is 15.1 Å². The van der Waals surface area contributed by atoms with Gasteiger partial charge in [0.05, 0.1) is 0 Å². The molecule has 0 aromatic heterocycles. The Morgan fingerprint density at radius 3 is 2.55 bits per heavy atom. The number of urea groups is 1. The molecule has 6 heteroatoms. The smallest absolute Gasteiger partial charge is 0.321 e. The van der Waals surface area contributed by atoms with Crippen molar-refractivity contribution in [1.29, 1.82) is 0 Å². The number of benzene rings is 2. The van der Waals surface area contributed by atoms with E-state index in [1.807, 2.05) is 35.2 Å². The molecule has 1 N–H and O–H groups in total. The number of aryl methyl sites for hydroxylation is 1. The Morgan fingerprint density at radius 1 is 0.903 bits per heavy atom. The van der Waals surface area contributed by atoms with Gasteiger partial charge in [-0.3, -0.25) is 9.59 Å². The van der Waals surface area contributed by atoms with Crippen molar-refractivity contribution in [2.75, 3.05) is 29.9 Å². The maximum atomic E-state index is 13.1. The number of carbonyl (C=O) groups is 3. The van der Waals surface area contributed by atoms with Crippen molar-refractivity contribution >= 4 is 29.1 Å². The van der Waals surface area contributed by atoms with Crippen molar-refractivity contribution in [3.8, 4) is 0 Å². The van der Waals surface area contributed by atoms with Crippen LogP contribution in [0.4, 0.5) is 16.2 Å². The molecule has 31 heavy (non-hydrogen) atoms. The van der Waals surface area contributed by atoms with Gasteiger partial charge in [0, 0.05) is 48.9 Å². The molecule has 2 aromatic rings. The number of anilines is 2. The van der Waals surface area contributed by atoms with Crippen molar-refractivity contribution in [2.24, 2.45) is 5.92 Å². The van der Waals surface area contributed by atoms with Crippen LogP contribution in [-0.4, -0.2) is 42.3 Å². The summed E-state index contributed by atoms with van der Waals surface area (Å²) in [5, 5.41) is 2.93. The second-order valence-electron chi connectivity index (χ2n) is 8.71. The molecule has 0 radical (unpaired) electrons. The number of amides is 3. The molecule has 3 amide bonds. The lowest BCUT2D eigenvalue weighted by Crippen LogP contribution is -2.45. The van der Waals surface area contributed by atoms with Crippen LogP contribution >= 0.6 is 0 Å². The fourth-order valence-electron chi connectivity index (χ4n) is 5.03. The Morgan fingerprint density at radius 2 is 1.71 bits per heavy atom. The molecule has 0 atom stereocenters. The lowest BCUT2D eigenvalue weighted by molar-refractivity contribution is -0.123. The third-order valence-corrected chi connectivity index (χ3v) is 6.80. The number of para-hydroxylation sites is 1. The van der Waals surface area contributed by atoms with Crippen LogP contribution in [0.25, 0.3) is 0 Å². The van der Waals surface area contributed by atoms with E-state index in [-0.39, 0.29) is 23.6 Å². The fraction of sp³-hybridized carbons (Fsp3) is 0.400. The molecule has 2 aromatic carbocycles. The van der Waals surface area contributed by atoms with E-state index in [0.717, 1.165) is 42.6 Å². The fourth-order valence-corrected chi connectivity index (χ4v) is 5.03. The van der Waals surface area contributed by atoms with Crippen LogP contribution in [-0.2, 0) is 17.6 Å². The van der Waals surface area contributed by atoms with Crippen molar-refractivity contribution in [1.82, 2.24) is 4.90 Å². The topological polar surface area (TPSA) is 69.7 Å². The first kappa shape index (κ1) is 19.8. The predicted octanol–water partition coefficient (Wildman–Crippen LogP) is 4.04. The highest BCUT2D eigenvalue weighted by atomic mass is 16.2. The van der Waals surface area contributed by atoms with Gasteiger partial charge in [0.2, 0.25) is 5.91 Å². The first-order valence-corrected chi connectivity index (χ1v) is 11.2. The van der Waals surface area contributed by atoms with Crippen LogP contribution in [0.5, 0.6) is 0 Å². The number of hydrogen-bond acceptors (Lipinski definition) is 3. The first-order chi connectivity index (χ1) is 15.1. The quantitative estimate of drug-likeness (QED) is 0.802. The van der Waals surface area contributed by atoms with Crippen LogP contribution < -0.4 is 10.2 Å². The highest BCUT2D eigenvalue weighted by Crippen LogP contribution is 2.31. The van der Waals surface area contributed by atoms with Gasteiger partial charge in [-0.1, -0.05) is 24.3 Å². The van der Waals surface area contributed by atoms with E-state index in [1.165, 1.54) is 5.56 Å². The van der Waals surface area contributed by atoms with Crippen LogP contribution in [0.2, 0.25) is 0 Å². The van der Waals surface area contributed by atoms with Crippen LogP contribution in [0.3, 0.4) is 0 Å². The molecule has 1 aliphatic carbocycles. The molecule has 5 rings (SSSR count). The van der Waals surface area contributed by atoms with E-state index in [9.17, 15) is 14.4 Å². The minimum Gasteiger partial charge on any atom is -0.324 e. The van der Waals surface area contributed by atoms with Gasteiger partial charge in [-0.05, 0) is 61.4 Å². The zero-order valence-electron chi connectivity index (χ0n) is 17.6. The maximum Gasteiger partial charge on any atom is 0.321 e. The lowest BCUT2D eigenvalue weighted by Gasteiger charge is -2.33. The number of nitrogens with zero attached hydrogens (tertiary/aromatic N) is 2. The van der Waals surface area contributed by atoms with Crippen LogP contribution in [0.1, 0.15) is 47.2 Å². The third-order valence-electron chi connectivity index (χ3n) is 6.80. The number of nitrogens with one attached hydrogen (secondary N) is 1. The van der Waals surface area contributed by atoms with Crippen molar-refractivity contribution in [2.45, 2.75) is 38.5 Å². The first-order valence-electron chi connectivity index (χ1n) is 11.2. The molecular weight excluding hydrogens is 390 g/mol. The summed E-state index contributed by atoms with van der Waals surface area (Å²) in [7, 11) is 0. The number of hydrogen-bond donors (Lipinski definition) is 1. The summed E-state index contributed by atoms with van der Waals surface area (Å²) in [6.07, 6.45) is 4.65. The van der Waals surface area contributed by atoms with Gasteiger partial charge in [0.25, 0.3) is 0 Å². The highest BCUT2D eigenvalue weighted by molar-refractivity contribution is 6.00. The summed E-state index contributed by atoms with van der Waals surface area (Å²) in [5.74, 6) is 0.287. The molecule has 2 aliphatic heterocycles. The number of carbonyl (C=O) groups excluding carboxylic acids is 3. The van der Waals surface area contributed by atoms with Crippen molar-refractivity contribution < 1.29 is 14.4 Å². The standard InChI is InChI=1S/C25H27N3O3/c29-23-7-3-5-17-8-9-20(16-21(17)23)26-25(31)27-13-10-19(11-14-27)24(30)28-15-12-18-4-1-2-6-22(18)28/h1-2,4,6,8-9,16,19H,3,5,7,10-15H2,(H,26,31). The number of piperidine rings is 1. The summed E-state index contributed by atoms with van der Waals surface area (Å²) in [5.41, 5.74) is 4.73. The van der Waals surface area contributed by atoms with E-state index in [2.05, 4.69) is 11.4 Å². The van der Waals surface area contributed by atoms with Gasteiger partial charge in [-0.2, -0.15) is 0 Å². The number of ketones is 1. The highest BCUT2D eigenvalue weighted by Gasteiger charge is 2.33. The molecule has 2 heterocycles. The van der Waals surface area contributed by atoms with E-state index >= 15 is 0 Å². The third kappa shape index (κ3) is 3.82. The Balaban J connectivity index is 1.18. The van der Waals surface area contributed by atoms with E-state index in [1.54, 1.807) is 11.0 Å². The van der Waals surface area contributed by atoms with Crippen LogP contribution in [0, 0.1) is 5.92 Å². The number of fused-ring (bicyclic) bond motifs is 2. The molecule has 0 saturated carbocycles. The summed E-state index contributed by atoms with van der Waals surface area (Å²) < 4.78 is 0. The van der Waals surface area contributed by atoms with E-state index < -0.39 is 0 Å². The zero-order chi connectivity index (χ0) is 21.4. The van der Waals surface area contributed by atoms with Gasteiger partial charge >= 0.3 is 6.03 Å². The summed E-state index contributed by atoms with van der Waals surface area (Å²) in [4.78, 5) is 41.7. The molecule has 1 saturated heterocycles. The Labute approximate surface area is 182 Å². The van der Waals surface area contributed by atoms with Crippen molar-refractivity contribution in [3.63, 3.8) is 0 Å². The average Bonchev–Trinajstić information content (AvgIpc) is 3.23. The zero-order valence-corrected chi connectivity index (χ0v) is 17.6. The van der Waals surface area contributed by atoms with E-state index in [4.69, 9.17) is 0 Å². The minimum absolute atomic E-state index is 0.0448.